The largest absolute Gasteiger partial charge is 0.468 e. The first-order chi connectivity index (χ1) is 9.29. The highest BCUT2D eigenvalue weighted by Gasteiger charge is 2.57. The van der Waals surface area contributed by atoms with Gasteiger partial charge in [-0.3, -0.25) is 9.59 Å². The van der Waals surface area contributed by atoms with E-state index in [1.807, 2.05) is 0 Å². The van der Waals surface area contributed by atoms with E-state index in [-0.39, 0.29) is 5.69 Å². The van der Waals surface area contributed by atoms with Crippen molar-refractivity contribution in [1.82, 2.24) is 0 Å². The highest BCUT2D eigenvalue weighted by Crippen LogP contribution is 2.47. The van der Waals surface area contributed by atoms with Crippen LogP contribution in [0.15, 0.2) is 24.3 Å². The fourth-order valence-electron chi connectivity index (χ4n) is 1.87. The fourth-order valence-corrected chi connectivity index (χ4v) is 1.87. The Bertz CT molecular complexity index is 550. The van der Waals surface area contributed by atoms with Crippen LogP contribution in [0.4, 0.5) is 18.9 Å². The minimum absolute atomic E-state index is 0.00000283. The zero-order valence-corrected chi connectivity index (χ0v) is 10.6. The van der Waals surface area contributed by atoms with Gasteiger partial charge in [-0.1, -0.05) is 6.07 Å². The van der Waals surface area contributed by atoms with E-state index in [4.69, 9.17) is 0 Å². The van der Waals surface area contributed by atoms with Crippen molar-refractivity contribution in [3.63, 3.8) is 0 Å². The van der Waals surface area contributed by atoms with Crippen molar-refractivity contribution in [2.45, 2.75) is 19.0 Å². The molecule has 0 spiro atoms. The minimum Gasteiger partial charge on any atom is -0.468 e. The number of nitrogens with one attached hydrogen (secondary N) is 1. The van der Waals surface area contributed by atoms with E-state index in [0.29, 0.717) is 12.8 Å². The molecule has 108 valence electrons. The van der Waals surface area contributed by atoms with E-state index >= 15 is 0 Å². The molecular formula is C13H12F3NO3. The number of carbonyl (C=O) groups is 2. The van der Waals surface area contributed by atoms with Crippen molar-refractivity contribution in [1.29, 1.82) is 0 Å². The van der Waals surface area contributed by atoms with E-state index in [0.717, 1.165) is 12.1 Å². The van der Waals surface area contributed by atoms with E-state index in [2.05, 4.69) is 10.1 Å². The van der Waals surface area contributed by atoms with Crippen molar-refractivity contribution >= 4 is 17.6 Å². The van der Waals surface area contributed by atoms with Crippen LogP contribution in [0, 0.1) is 5.41 Å². The molecule has 7 heteroatoms. The molecule has 20 heavy (non-hydrogen) atoms. The fraction of sp³-hybridized carbons (Fsp3) is 0.385. The molecule has 4 nitrogen and oxygen atoms in total. The van der Waals surface area contributed by atoms with Gasteiger partial charge < -0.3 is 10.1 Å². The Morgan fingerprint density at radius 1 is 1.30 bits per heavy atom. The number of ether oxygens (including phenoxy) is 1. The second-order valence-corrected chi connectivity index (χ2v) is 4.61. The number of esters is 1. The van der Waals surface area contributed by atoms with Crippen LogP contribution >= 0.6 is 0 Å². The van der Waals surface area contributed by atoms with Gasteiger partial charge in [0, 0.05) is 5.69 Å². The molecular weight excluding hydrogens is 275 g/mol. The van der Waals surface area contributed by atoms with Gasteiger partial charge in [0.1, 0.15) is 5.41 Å². The van der Waals surface area contributed by atoms with E-state index in [1.165, 1.54) is 19.2 Å². The topological polar surface area (TPSA) is 55.4 Å². The molecule has 1 saturated carbocycles. The van der Waals surface area contributed by atoms with E-state index in [1.54, 1.807) is 0 Å². The second kappa shape index (κ2) is 4.81. The lowest BCUT2D eigenvalue weighted by Crippen LogP contribution is -2.32. The number of benzene rings is 1. The number of methoxy groups -OCH3 is 1. The molecule has 1 N–H and O–H groups in total. The zero-order chi connectivity index (χ0) is 15.0. The van der Waals surface area contributed by atoms with Crippen molar-refractivity contribution in [3.8, 4) is 0 Å². The number of hydrogen-bond acceptors (Lipinski definition) is 3. The zero-order valence-electron chi connectivity index (χ0n) is 10.6. The normalized spacial score (nSPS) is 16.4. The Morgan fingerprint density at radius 3 is 2.45 bits per heavy atom. The van der Waals surface area contributed by atoms with Crippen molar-refractivity contribution in [2.75, 3.05) is 12.4 Å². The summed E-state index contributed by atoms with van der Waals surface area (Å²) in [5.41, 5.74) is -2.11. The average molecular weight is 287 g/mol. The highest BCUT2D eigenvalue weighted by molar-refractivity contribution is 6.11. The lowest BCUT2D eigenvalue weighted by Gasteiger charge is -2.14. The van der Waals surface area contributed by atoms with E-state index in [9.17, 15) is 22.8 Å². The molecule has 0 saturated heterocycles. The van der Waals surface area contributed by atoms with Crippen LogP contribution in [0.1, 0.15) is 18.4 Å². The first kappa shape index (κ1) is 14.4. The standard InChI is InChI=1S/C13H12F3NO3/c1-20-11(19)12(5-6-12)10(18)17-9-4-2-3-8(7-9)13(14,15)16/h2-4,7H,5-6H2,1H3,(H,17,18). The highest BCUT2D eigenvalue weighted by atomic mass is 19.4. The predicted molar refractivity (Wildman–Crippen MR) is 63.8 cm³/mol. The third-order valence-corrected chi connectivity index (χ3v) is 3.21. The third kappa shape index (κ3) is 2.61. The number of hydrogen-bond donors (Lipinski definition) is 1. The van der Waals surface area contributed by atoms with Gasteiger partial charge in [0.15, 0.2) is 0 Å². The molecule has 0 heterocycles. The number of carbonyl (C=O) groups excluding carboxylic acids is 2. The summed E-state index contributed by atoms with van der Waals surface area (Å²) in [5, 5.41) is 2.33. The third-order valence-electron chi connectivity index (χ3n) is 3.21. The Labute approximate surface area is 112 Å². The van der Waals surface area contributed by atoms with Gasteiger partial charge in [0.25, 0.3) is 0 Å². The molecule has 1 aromatic rings. The van der Waals surface area contributed by atoms with Crippen LogP contribution in [0.3, 0.4) is 0 Å². The lowest BCUT2D eigenvalue weighted by atomic mass is 10.1. The van der Waals surface area contributed by atoms with Gasteiger partial charge in [0.05, 0.1) is 12.7 Å². The van der Waals surface area contributed by atoms with Gasteiger partial charge >= 0.3 is 12.1 Å². The number of rotatable bonds is 3. The summed E-state index contributed by atoms with van der Waals surface area (Å²) in [6.07, 6.45) is -3.81. The molecule has 0 aliphatic heterocycles. The maximum Gasteiger partial charge on any atom is 0.416 e. The quantitative estimate of drug-likeness (QED) is 0.686. The molecule has 0 aromatic heterocycles. The lowest BCUT2D eigenvalue weighted by molar-refractivity contribution is -0.150. The molecule has 1 fully saturated rings. The maximum absolute atomic E-state index is 12.5. The molecule has 2 rings (SSSR count). The van der Waals surface area contributed by atoms with Crippen molar-refractivity contribution in [2.24, 2.45) is 5.41 Å². The van der Waals surface area contributed by atoms with E-state index < -0.39 is 29.0 Å². The molecule has 1 aliphatic carbocycles. The maximum atomic E-state index is 12.5. The minimum atomic E-state index is -4.49. The number of amides is 1. The second-order valence-electron chi connectivity index (χ2n) is 4.61. The number of anilines is 1. The summed E-state index contributed by atoms with van der Waals surface area (Å²) < 4.78 is 42.2. The Kier molecular flexibility index (Phi) is 3.45. The van der Waals surface area contributed by atoms with Gasteiger partial charge in [-0.15, -0.1) is 0 Å². The van der Waals surface area contributed by atoms with Crippen LogP contribution < -0.4 is 5.32 Å². The summed E-state index contributed by atoms with van der Waals surface area (Å²) in [6.45, 7) is 0. The molecule has 0 atom stereocenters. The Morgan fingerprint density at radius 2 is 1.95 bits per heavy atom. The summed E-state index contributed by atoms with van der Waals surface area (Å²) >= 11 is 0. The first-order valence-corrected chi connectivity index (χ1v) is 5.87. The molecule has 0 radical (unpaired) electrons. The van der Waals surface area contributed by atoms with Crippen LogP contribution in [0.5, 0.6) is 0 Å². The predicted octanol–water partition coefficient (Wildman–Crippen LogP) is 2.60. The monoisotopic (exact) mass is 287 g/mol. The Balaban J connectivity index is 2.15. The van der Waals surface area contributed by atoms with Gasteiger partial charge in [-0.2, -0.15) is 13.2 Å². The van der Waals surface area contributed by atoms with Crippen LogP contribution in [0.25, 0.3) is 0 Å². The Hall–Kier alpha value is -2.05. The SMILES string of the molecule is COC(=O)C1(C(=O)Nc2cccc(C(F)(F)F)c2)CC1. The number of halogens is 3. The first-order valence-electron chi connectivity index (χ1n) is 5.87. The van der Waals surface area contributed by atoms with Gasteiger partial charge in [-0.05, 0) is 31.0 Å². The molecule has 1 aromatic carbocycles. The van der Waals surface area contributed by atoms with Crippen LogP contribution in [-0.4, -0.2) is 19.0 Å². The smallest absolute Gasteiger partial charge is 0.416 e. The van der Waals surface area contributed by atoms with Crippen molar-refractivity contribution in [3.05, 3.63) is 29.8 Å². The average Bonchev–Trinajstić information content (AvgIpc) is 3.18. The molecule has 1 amide bonds. The summed E-state index contributed by atoms with van der Waals surface area (Å²) in [5.74, 6) is -1.30. The molecule has 1 aliphatic rings. The molecule has 0 unspecified atom stereocenters. The summed E-state index contributed by atoms with van der Waals surface area (Å²) in [7, 11) is 1.17. The van der Waals surface area contributed by atoms with Gasteiger partial charge in [0.2, 0.25) is 5.91 Å². The summed E-state index contributed by atoms with van der Waals surface area (Å²) in [4.78, 5) is 23.5. The summed E-state index contributed by atoms with van der Waals surface area (Å²) in [6, 6.07) is 4.25. The number of alkyl halides is 3. The van der Waals surface area contributed by atoms with Crippen LogP contribution in [-0.2, 0) is 20.5 Å². The van der Waals surface area contributed by atoms with Crippen LogP contribution in [0.2, 0.25) is 0 Å². The van der Waals surface area contributed by atoms with Crippen molar-refractivity contribution < 1.29 is 27.5 Å². The van der Waals surface area contributed by atoms with Gasteiger partial charge in [-0.25, -0.2) is 0 Å². The molecule has 0 bridgehead atoms.